The van der Waals surface area contributed by atoms with Crippen LogP contribution in [0.5, 0.6) is 5.75 Å². The number of hydrogen-bond acceptors (Lipinski definition) is 7. The van der Waals surface area contributed by atoms with Gasteiger partial charge in [-0.05, 0) is 57.2 Å². The molecule has 0 spiro atoms. The molecule has 0 saturated carbocycles. The number of nitrogens with one attached hydrogen (secondary N) is 1. The van der Waals surface area contributed by atoms with E-state index in [1.807, 2.05) is 20.8 Å². The molecular weight excluding hydrogens is 452 g/mol. The van der Waals surface area contributed by atoms with Crippen LogP contribution in [0.4, 0.5) is 4.79 Å². The minimum atomic E-state index is -1.18. The van der Waals surface area contributed by atoms with Crippen LogP contribution in [-0.2, 0) is 25.4 Å². The Labute approximate surface area is 208 Å². The highest BCUT2D eigenvalue weighted by Gasteiger charge is 2.46. The van der Waals surface area contributed by atoms with Crippen LogP contribution in [0.3, 0.4) is 0 Å². The van der Waals surface area contributed by atoms with Crippen molar-refractivity contribution < 1.29 is 34.0 Å². The van der Waals surface area contributed by atoms with Crippen molar-refractivity contribution in [1.29, 1.82) is 0 Å². The maximum absolute atomic E-state index is 13.3. The summed E-state index contributed by atoms with van der Waals surface area (Å²) in [6.45, 7) is 15.0. The van der Waals surface area contributed by atoms with E-state index in [0.717, 1.165) is 5.56 Å². The molecule has 9 nitrogen and oxygen atoms in total. The first-order valence-electron chi connectivity index (χ1n) is 12.0. The molecule has 198 valence electrons. The monoisotopic (exact) mass is 494 g/mol. The van der Waals surface area contributed by atoms with Crippen LogP contribution in [0.2, 0.25) is 0 Å². The average Bonchev–Trinajstić information content (AvgIpc) is 2.69. The zero-order valence-electron chi connectivity index (χ0n) is 22.2. The summed E-state index contributed by atoms with van der Waals surface area (Å²) < 4.78 is 17.6. The van der Waals surface area contributed by atoms with Gasteiger partial charge in [-0.1, -0.05) is 32.9 Å². The molecule has 5 atom stereocenters. The number of phenols is 1. The number of ether oxygens (including phenoxy) is 3. The number of morpholine rings is 1. The van der Waals surface area contributed by atoms with E-state index in [1.54, 1.807) is 52.0 Å². The van der Waals surface area contributed by atoms with E-state index in [4.69, 9.17) is 14.2 Å². The second kappa shape index (κ2) is 11.6. The Morgan fingerprint density at radius 2 is 1.89 bits per heavy atom. The summed E-state index contributed by atoms with van der Waals surface area (Å²) in [5.74, 6) is -0.239. The van der Waals surface area contributed by atoms with E-state index in [2.05, 4.69) is 5.32 Å². The summed E-state index contributed by atoms with van der Waals surface area (Å²) in [7, 11) is 0. The number of benzene rings is 1. The molecule has 1 heterocycles. The molecule has 0 aliphatic carbocycles. The van der Waals surface area contributed by atoms with Gasteiger partial charge in [-0.2, -0.15) is 0 Å². The van der Waals surface area contributed by atoms with E-state index >= 15 is 0 Å². The zero-order valence-corrected chi connectivity index (χ0v) is 22.2. The molecule has 0 radical (unpaired) electrons. The zero-order chi connectivity index (χ0) is 26.6. The second-order valence-electron chi connectivity index (χ2n) is 11.4. The second-order valence-corrected chi connectivity index (χ2v) is 11.4. The van der Waals surface area contributed by atoms with Crippen molar-refractivity contribution in [3.63, 3.8) is 0 Å². The molecule has 1 aromatic carbocycles. The normalized spacial score (nSPS) is 22.9. The molecule has 1 fully saturated rings. The highest BCUT2D eigenvalue weighted by molar-refractivity contribution is 5.73. The van der Waals surface area contributed by atoms with E-state index in [9.17, 15) is 19.8 Å². The lowest BCUT2D eigenvalue weighted by atomic mass is 9.94. The largest absolute Gasteiger partial charge is 0.508 e. The number of aliphatic hydroxyl groups is 1. The number of phenolic OH excluding ortho intramolecular Hbond substituents is 1. The first kappa shape index (κ1) is 28.9. The molecule has 1 aromatic rings. The third-order valence-corrected chi connectivity index (χ3v) is 5.47. The molecule has 1 aliphatic heterocycles. The Morgan fingerprint density at radius 3 is 2.43 bits per heavy atom. The van der Waals surface area contributed by atoms with Gasteiger partial charge in [0.15, 0.2) is 6.29 Å². The third-order valence-electron chi connectivity index (χ3n) is 5.47. The first-order valence-corrected chi connectivity index (χ1v) is 12.0. The van der Waals surface area contributed by atoms with Crippen molar-refractivity contribution in [2.24, 2.45) is 5.41 Å². The summed E-state index contributed by atoms with van der Waals surface area (Å²) in [5, 5.41) is 24.1. The number of aliphatic hydroxyl groups excluding tert-OH is 1. The standard InChI is InChI=1S/C26H42N2O7/c1-16-23(34-15-25(3,4)5)33-14-21(28(16)24(32)35-26(6,7)8)22(31)20(27-17(2)29)13-18-10-9-11-19(30)12-18/h9-12,16,20-23,30-31H,13-15H2,1-8H3,(H,27,29)/t16?,20-,21?,22-,23?/m0/s1. The minimum absolute atomic E-state index is 0.00428. The maximum Gasteiger partial charge on any atom is 0.411 e. The SMILES string of the molecule is CC(=O)N[C@@H](Cc1cccc(O)c1)[C@H](O)C1COC(OCC(C)(C)C)C(C)N1C(=O)OC(C)(C)C. The molecule has 3 N–H and O–H groups in total. The third kappa shape index (κ3) is 8.98. The molecule has 1 aliphatic rings. The van der Waals surface area contributed by atoms with Gasteiger partial charge in [-0.15, -0.1) is 0 Å². The molecule has 0 bridgehead atoms. The maximum atomic E-state index is 13.3. The van der Waals surface area contributed by atoms with E-state index in [1.165, 1.54) is 11.8 Å². The summed E-state index contributed by atoms with van der Waals surface area (Å²) >= 11 is 0. The van der Waals surface area contributed by atoms with Gasteiger partial charge in [0.25, 0.3) is 0 Å². The number of rotatable bonds is 7. The predicted octanol–water partition coefficient (Wildman–Crippen LogP) is 3.21. The number of amides is 2. The Morgan fingerprint density at radius 1 is 1.23 bits per heavy atom. The van der Waals surface area contributed by atoms with E-state index in [0.29, 0.717) is 6.61 Å². The molecule has 0 aromatic heterocycles. The van der Waals surface area contributed by atoms with Crippen molar-refractivity contribution in [1.82, 2.24) is 10.2 Å². The highest BCUT2D eigenvalue weighted by atomic mass is 16.7. The highest BCUT2D eigenvalue weighted by Crippen LogP contribution is 2.28. The lowest BCUT2D eigenvalue weighted by Crippen LogP contribution is -2.66. The number of carbonyl (C=O) groups is 2. The summed E-state index contributed by atoms with van der Waals surface area (Å²) in [6, 6.07) is 4.51. The van der Waals surface area contributed by atoms with Crippen LogP contribution in [-0.4, -0.2) is 76.4 Å². The van der Waals surface area contributed by atoms with Gasteiger partial charge in [0, 0.05) is 6.92 Å². The quantitative estimate of drug-likeness (QED) is 0.533. The van der Waals surface area contributed by atoms with Crippen LogP contribution in [0.15, 0.2) is 24.3 Å². The smallest absolute Gasteiger partial charge is 0.411 e. The van der Waals surface area contributed by atoms with Crippen LogP contribution in [0.25, 0.3) is 0 Å². The van der Waals surface area contributed by atoms with Gasteiger partial charge in [-0.25, -0.2) is 4.79 Å². The molecule has 1 saturated heterocycles. The van der Waals surface area contributed by atoms with E-state index < -0.39 is 42.2 Å². The van der Waals surface area contributed by atoms with Crippen LogP contribution >= 0.6 is 0 Å². The summed E-state index contributed by atoms with van der Waals surface area (Å²) in [4.78, 5) is 26.7. The van der Waals surface area contributed by atoms with Gasteiger partial charge in [-0.3, -0.25) is 9.69 Å². The van der Waals surface area contributed by atoms with Crippen LogP contribution < -0.4 is 5.32 Å². The van der Waals surface area contributed by atoms with Gasteiger partial charge < -0.3 is 29.7 Å². The summed E-state index contributed by atoms with van der Waals surface area (Å²) in [6.07, 6.45) is -2.23. The molecule has 2 rings (SSSR count). The lowest BCUT2D eigenvalue weighted by Gasteiger charge is -2.47. The average molecular weight is 495 g/mol. The van der Waals surface area contributed by atoms with Gasteiger partial charge in [0.2, 0.25) is 5.91 Å². The number of carbonyl (C=O) groups excluding carboxylic acids is 2. The van der Waals surface area contributed by atoms with E-state index in [-0.39, 0.29) is 30.1 Å². The number of aromatic hydroxyl groups is 1. The molecule has 3 unspecified atom stereocenters. The predicted molar refractivity (Wildman–Crippen MR) is 132 cm³/mol. The Kier molecular flexibility index (Phi) is 9.56. The minimum Gasteiger partial charge on any atom is -0.508 e. The van der Waals surface area contributed by atoms with Gasteiger partial charge in [0.1, 0.15) is 11.4 Å². The molecule has 35 heavy (non-hydrogen) atoms. The summed E-state index contributed by atoms with van der Waals surface area (Å²) in [5.41, 5.74) is -0.124. The van der Waals surface area contributed by atoms with Gasteiger partial charge >= 0.3 is 6.09 Å². The van der Waals surface area contributed by atoms with Crippen molar-refractivity contribution in [3.05, 3.63) is 29.8 Å². The Balaban J connectivity index is 2.33. The number of nitrogens with zero attached hydrogens (tertiary/aromatic N) is 1. The van der Waals surface area contributed by atoms with Crippen LogP contribution in [0, 0.1) is 5.41 Å². The topological polar surface area (TPSA) is 118 Å². The fourth-order valence-electron chi connectivity index (χ4n) is 3.97. The fraction of sp³-hybridized carbons (Fsp3) is 0.692. The Hall–Kier alpha value is -2.36. The van der Waals surface area contributed by atoms with Gasteiger partial charge in [0.05, 0.1) is 37.4 Å². The van der Waals surface area contributed by atoms with Crippen LogP contribution in [0.1, 0.15) is 61.0 Å². The fourth-order valence-corrected chi connectivity index (χ4v) is 3.97. The Bertz CT molecular complexity index is 862. The van der Waals surface area contributed by atoms with Crippen molar-refractivity contribution >= 4 is 12.0 Å². The van der Waals surface area contributed by atoms with Crippen molar-refractivity contribution in [3.8, 4) is 5.75 Å². The lowest BCUT2D eigenvalue weighted by molar-refractivity contribution is -0.233. The van der Waals surface area contributed by atoms with Crippen molar-refractivity contribution in [2.75, 3.05) is 13.2 Å². The first-order chi connectivity index (χ1) is 16.1. The van der Waals surface area contributed by atoms with Crippen molar-refractivity contribution in [2.45, 2.75) is 97.9 Å². The number of hydrogen-bond donors (Lipinski definition) is 3. The molecular formula is C26H42N2O7. The molecule has 9 heteroatoms. The molecule has 2 amide bonds.